The van der Waals surface area contributed by atoms with Crippen molar-refractivity contribution < 1.29 is 58.9 Å². The Labute approximate surface area is 406 Å². The van der Waals surface area contributed by atoms with Crippen LogP contribution in [0.3, 0.4) is 0 Å². The minimum Gasteiger partial charge on any atom is -0.550 e. The van der Waals surface area contributed by atoms with Crippen molar-refractivity contribution in [3.63, 3.8) is 0 Å². The first-order chi connectivity index (χ1) is 30.7. The maximum absolute atomic E-state index is 12.9. The number of urea groups is 2. The molecule has 3 N–H and O–H groups in total. The second-order valence-corrected chi connectivity index (χ2v) is 16.1. The van der Waals surface area contributed by atoms with Crippen LogP contribution in [-0.4, -0.2) is 52.0 Å². The normalized spacial score (nSPS) is 10.4. The van der Waals surface area contributed by atoms with Gasteiger partial charge in [-0.15, -0.1) is 0 Å². The predicted octanol–water partition coefficient (Wildman–Crippen LogP) is 6.33. The van der Waals surface area contributed by atoms with Gasteiger partial charge in [0.25, 0.3) is 0 Å². The molecule has 11 heteroatoms. The Morgan fingerprint density at radius 3 is 1.28 bits per heavy atom. The average molecular weight is 883 g/mol. The van der Waals surface area contributed by atoms with Crippen LogP contribution in [0.15, 0.2) is 133 Å². The summed E-state index contributed by atoms with van der Waals surface area (Å²) in [6, 6.07) is 43.3. The average Bonchev–Trinajstić information content (AvgIpc) is 3.28. The summed E-state index contributed by atoms with van der Waals surface area (Å²) < 4.78 is 0. The van der Waals surface area contributed by atoms with E-state index < -0.39 is 11.9 Å². The zero-order valence-electron chi connectivity index (χ0n) is 38.7. The number of carbonyl (C=O) groups is 4. The molecular formula is C54H59N4NaO6. The Kier molecular flexibility index (Phi) is 20.0. The summed E-state index contributed by atoms with van der Waals surface area (Å²) in [5, 5.41) is 26.3. The van der Waals surface area contributed by atoms with Gasteiger partial charge in [0.1, 0.15) is 0 Å². The molecule has 0 unspecified atom stereocenters. The van der Waals surface area contributed by atoms with Gasteiger partial charge in [0.05, 0.1) is 6.42 Å². The molecule has 332 valence electrons. The fraction of sp³-hybridized carbons (Fsp3) is 0.259. The van der Waals surface area contributed by atoms with E-state index in [-0.39, 0.29) is 54.5 Å². The molecule has 6 rings (SSSR count). The topological polar surface area (TPSA) is 142 Å². The van der Waals surface area contributed by atoms with E-state index in [0.717, 1.165) is 72.3 Å². The standard InChI is InChI=1S/2C27H30N2O3.Na/c2*1-4-29(27(32)28-17-21-8-6-5-7-9-21)18-23-14-19(2)10-13-24(23)25-15-22(16-26(30)31)12-11-20(25)3;/h2*5-15H,4,16-18H2,1-3H3,(H,28,32)(H,30,31);/q;;+1/p-1. The van der Waals surface area contributed by atoms with Gasteiger partial charge >= 0.3 is 47.6 Å². The van der Waals surface area contributed by atoms with Crippen LogP contribution in [0.2, 0.25) is 0 Å². The van der Waals surface area contributed by atoms with E-state index in [2.05, 4.69) is 28.8 Å². The number of nitrogens with one attached hydrogen (secondary N) is 2. The number of hydrogen-bond acceptors (Lipinski definition) is 5. The van der Waals surface area contributed by atoms with E-state index >= 15 is 0 Å². The van der Waals surface area contributed by atoms with Gasteiger partial charge in [-0.25, -0.2) is 9.59 Å². The molecule has 65 heavy (non-hydrogen) atoms. The zero-order chi connectivity index (χ0) is 46.2. The first kappa shape index (κ1) is 51.4. The molecule has 0 saturated carbocycles. The van der Waals surface area contributed by atoms with Crippen LogP contribution in [0.4, 0.5) is 9.59 Å². The molecule has 4 amide bonds. The summed E-state index contributed by atoms with van der Waals surface area (Å²) in [6.45, 7) is 15.0. The maximum atomic E-state index is 12.9. The van der Waals surface area contributed by atoms with Crippen LogP contribution in [0.25, 0.3) is 22.3 Å². The third-order valence-corrected chi connectivity index (χ3v) is 11.0. The first-order valence-electron chi connectivity index (χ1n) is 21.7. The number of carbonyl (C=O) groups excluding carboxylic acids is 3. The molecule has 0 saturated heterocycles. The second-order valence-electron chi connectivity index (χ2n) is 16.1. The predicted molar refractivity (Wildman–Crippen MR) is 252 cm³/mol. The number of benzene rings is 6. The number of aliphatic carboxylic acids is 2. The molecule has 0 aromatic heterocycles. The summed E-state index contributed by atoms with van der Waals surface area (Å²) in [5.41, 5.74) is 14.0. The molecule has 0 spiro atoms. The zero-order valence-corrected chi connectivity index (χ0v) is 40.7. The molecule has 0 aliphatic heterocycles. The number of amides is 4. The molecule has 6 aromatic carbocycles. The maximum Gasteiger partial charge on any atom is 1.00 e. The van der Waals surface area contributed by atoms with E-state index in [1.165, 1.54) is 0 Å². The Bertz CT molecular complexity index is 2370. The van der Waals surface area contributed by atoms with Crippen molar-refractivity contribution in [2.24, 2.45) is 0 Å². The fourth-order valence-electron chi connectivity index (χ4n) is 7.55. The molecule has 0 aliphatic rings. The number of nitrogens with zero attached hydrogens (tertiary/aromatic N) is 2. The summed E-state index contributed by atoms with van der Waals surface area (Å²) >= 11 is 0. The molecular weight excluding hydrogens is 824 g/mol. The van der Waals surface area contributed by atoms with Crippen LogP contribution < -0.4 is 45.3 Å². The van der Waals surface area contributed by atoms with E-state index in [1.54, 1.807) is 9.80 Å². The van der Waals surface area contributed by atoms with Crippen molar-refractivity contribution in [1.29, 1.82) is 0 Å². The minimum absolute atomic E-state index is 0. The van der Waals surface area contributed by atoms with Gasteiger partial charge < -0.3 is 35.4 Å². The number of aryl methyl sites for hydroxylation is 4. The minimum atomic E-state index is -1.10. The molecule has 10 nitrogen and oxygen atoms in total. The van der Waals surface area contributed by atoms with E-state index in [0.29, 0.717) is 44.8 Å². The van der Waals surface area contributed by atoms with E-state index in [1.807, 2.05) is 157 Å². The first-order valence-corrected chi connectivity index (χ1v) is 21.7. The summed E-state index contributed by atoms with van der Waals surface area (Å²) in [4.78, 5) is 51.6. The summed E-state index contributed by atoms with van der Waals surface area (Å²) in [7, 11) is 0. The van der Waals surface area contributed by atoms with Gasteiger partial charge in [0.2, 0.25) is 0 Å². The van der Waals surface area contributed by atoms with Crippen LogP contribution in [0.1, 0.15) is 69.5 Å². The van der Waals surface area contributed by atoms with Crippen molar-refractivity contribution in [3.05, 3.63) is 189 Å². The van der Waals surface area contributed by atoms with Gasteiger partial charge in [0, 0.05) is 51.7 Å². The monoisotopic (exact) mass is 882 g/mol. The van der Waals surface area contributed by atoms with Crippen molar-refractivity contribution >= 4 is 24.0 Å². The Morgan fingerprint density at radius 2 is 0.908 bits per heavy atom. The third-order valence-electron chi connectivity index (χ3n) is 11.0. The molecule has 6 aromatic rings. The molecule has 0 radical (unpaired) electrons. The Balaban J connectivity index is 0.000000280. The van der Waals surface area contributed by atoms with Crippen LogP contribution in [0, 0.1) is 27.7 Å². The van der Waals surface area contributed by atoms with E-state index in [4.69, 9.17) is 0 Å². The summed E-state index contributed by atoms with van der Waals surface area (Å²) in [6.07, 6.45) is -0.144. The van der Waals surface area contributed by atoms with Crippen molar-refractivity contribution in [2.75, 3.05) is 13.1 Å². The van der Waals surface area contributed by atoms with Crippen molar-refractivity contribution in [2.45, 2.75) is 80.6 Å². The summed E-state index contributed by atoms with van der Waals surface area (Å²) in [5.74, 6) is -1.95. The van der Waals surface area contributed by atoms with E-state index in [9.17, 15) is 29.4 Å². The SMILES string of the molecule is CCN(Cc1cc(C)ccc1-c1cc(CC(=O)O)ccc1C)C(=O)NCc1ccccc1.CCN(Cc1cc(C)ccc1-c1cc(CC(=O)[O-])ccc1C)C(=O)NCc1ccccc1.[Na+]. The van der Waals surface area contributed by atoms with Gasteiger partial charge in [0.15, 0.2) is 0 Å². The van der Waals surface area contributed by atoms with Crippen molar-refractivity contribution in [3.8, 4) is 22.3 Å². The molecule has 0 fully saturated rings. The van der Waals surface area contributed by atoms with Crippen LogP contribution >= 0.6 is 0 Å². The van der Waals surface area contributed by atoms with Crippen LogP contribution in [0.5, 0.6) is 0 Å². The Hall–Kier alpha value is -6.20. The number of carboxylic acid groups (broad SMARTS) is 2. The molecule has 0 bridgehead atoms. The second kappa shape index (κ2) is 25.3. The quantitative estimate of drug-likeness (QED) is 0.0972. The number of carboxylic acids is 2. The van der Waals surface area contributed by atoms with Gasteiger partial charge in [-0.05, 0) is 108 Å². The molecule has 0 aliphatic carbocycles. The molecule has 0 heterocycles. The van der Waals surface area contributed by atoms with Gasteiger partial charge in [-0.2, -0.15) is 0 Å². The number of hydrogen-bond donors (Lipinski definition) is 3. The smallest absolute Gasteiger partial charge is 0.550 e. The third kappa shape index (κ3) is 15.5. The number of rotatable bonds is 16. The van der Waals surface area contributed by atoms with Gasteiger partial charge in [-0.3, -0.25) is 4.79 Å². The van der Waals surface area contributed by atoms with Gasteiger partial charge in [-0.1, -0.05) is 145 Å². The fourth-order valence-corrected chi connectivity index (χ4v) is 7.55. The largest absolute Gasteiger partial charge is 1.00 e. The van der Waals surface area contributed by atoms with Crippen LogP contribution in [-0.2, 0) is 48.6 Å². The molecule has 0 atom stereocenters. The Morgan fingerprint density at radius 1 is 0.508 bits per heavy atom. The van der Waals surface area contributed by atoms with Crippen molar-refractivity contribution in [1.82, 2.24) is 20.4 Å².